The number of hydrogen-bond donors (Lipinski definition) is 3. The van der Waals surface area contributed by atoms with Crippen molar-refractivity contribution in [1.82, 2.24) is 15.0 Å². The summed E-state index contributed by atoms with van der Waals surface area (Å²) in [7, 11) is 0. The summed E-state index contributed by atoms with van der Waals surface area (Å²) in [6.45, 7) is 1.97. The first-order valence-corrected chi connectivity index (χ1v) is 7.73. The molecule has 5 heteroatoms. The zero-order valence-electron chi connectivity index (χ0n) is 13.2. The van der Waals surface area contributed by atoms with Gasteiger partial charge in [0.15, 0.2) is 0 Å². The van der Waals surface area contributed by atoms with Crippen LogP contribution in [0.25, 0.3) is 22.4 Å². The van der Waals surface area contributed by atoms with Crippen LogP contribution in [-0.4, -0.2) is 15.0 Å². The second-order valence-electron chi connectivity index (χ2n) is 5.75. The molecule has 0 amide bonds. The third-order valence-corrected chi connectivity index (χ3v) is 3.85. The van der Waals surface area contributed by atoms with Gasteiger partial charge in [-0.15, -0.1) is 0 Å². The van der Waals surface area contributed by atoms with Gasteiger partial charge >= 0.3 is 0 Å². The van der Waals surface area contributed by atoms with Crippen LogP contribution < -0.4 is 11.1 Å². The Morgan fingerprint density at radius 2 is 1.75 bits per heavy atom. The van der Waals surface area contributed by atoms with E-state index >= 15 is 0 Å². The van der Waals surface area contributed by atoms with Gasteiger partial charge in [-0.3, -0.25) is 4.98 Å². The van der Waals surface area contributed by atoms with Gasteiger partial charge in [-0.25, -0.2) is 4.98 Å². The Balaban J connectivity index is 1.67. The number of aryl methyl sites for hydroxylation is 1. The van der Waals surface area contributed by atoms with Gasteiger partial charge in [0.05, 0.1) is 11.0 Å². The second-order valence-corrected chi connectivity index (χ2v) is 5.75. The molecule has 0 aliphatic carbocycles. The van der Waals surface area contributed by atoms with Gasteiger partial charge in [-0.05, 0) is 61.5 Å². The van der Waals surface area contributed by atoms with Gasteiger partial charge in [0.1, 0.15) is 5.82 Å². The Hall–Kier alpha value is -3.34. The van der Waals surface area contributed by atoms with E-state index in [-0.39, 0.29) is 0 Å². The van der Waals surface area contributed by atoms with Gasteiger partial charge in [0, 0.05) is 34.5 Å². The molecule has 0 radical (unpaired) electrons. The molecule has 0 aliphatic heterocycles. The summed E-state index contributed by atoms with van der Waals surface area (Å²) in [5, 5.41) is 3.39. The fraction of sp³-hybridized carbons (Fsp3) is 0.0526. The minimum absolute atomic E-state index is 0.744. The molecule has 24 heavy (non-hydrogen) atoms. The minimum Gasteiger partial charge on any atom is -0.399 e. The van der Waals surface area contributed by atoms with E-state index in [9.17, 15) is 0 Å². The maximum atomic E-state index is 5.74. The number of aromatic nitrogens is 3. The van der Waals surface area contributed by atoms with Gasteiger partial charge < -0.3 is 16.0 Å². The number of rotatable bonds is 3. The standard InChI is InChI=1S/C19H17N5/c1-12-10-16(8-9-21-12)22-15-6-7-17-18(11-15)24-19(23-17)13-2-4-14(20)5-3-13/h2-11H,20H2,1H3,(H,21,22)(H,23,24). The number of nitrogens with two attached hydrogens (primary N) is 1. The largest absolute Gasteiger partial charge is 0.399 e. The highest BCUT2D eigenvalue weighted by atomic mass is 14.9. The van der Waals surface area contributed by atoms with Crippen molar-refractivity contribution in [2.24, 2.45) is 0 Å². The SMILES string of the molecule is Cc1cc(Nc2ccc3nc(-c4ccc(N)cc4)[nH]c3c2)ccn1. The number of anilines is 3. The minimum atomic E-state index is 0.744. The third-order valence-electron chi connectivity index (χ3n) is 3.85. The van der Waals surface area contributed by atoms with Crippen LogP contribution in [0, 0.1) is 6.92 Å². The van der Waals surface area contributed by atoms with Crippen LogP contribution in [0.5, 0.6) is 0 Å². The van der Waals surface area contributed by atoms with Crippen LogP contribution in [0.4, 0.5) is 17.1 Å². The fourth-order valence-electron chi connectivity index (χ4n) is 2.66. The van der Waals surface area contributed by atoms with Crippen LogP contribution in [0.3, 0.4) is 0 Å². The number of H-pyrrole nitrogens is 1. The lowest BCUT2D eigenvalue weighted by Gasteiger charge is -2.06. The molecule has 0 fully saturated rings. The molecule has 0 spiro atoms. The van der Waals surface area contributed by atoms with Crippen LogP contribution in [-0.2, 0) is 0 Å². The van der Waals surface area contributed by atoms with Crippen molar-refractivity contribution >= 4 is 28.1 Å². The molecule has 2 heterocycles. The normalized spacial score (nSPS) is 10.9. The molecule has 118 valence electrons. The molecule has 0 aliphatic rings. The Labute approximate surface area is 139 Å². The zero-order chi connectivity index (χ0) is 16.5. The molecule has 5 nitrogen and oxygen atoms in total. The number of nitrogens with one attached hydrogen (secondary N) is 2. The van der Waals surface area contributed by atoms with E-state index in [2.05, 4.69) is 26.3 Å². The number of nitrogen functional groups attached to an aromatic ring is 1. The highest BCUT2D eigenvalue weighted by Crippen LogP contribution is 2.25. The molecule has 4 rings (SSSR count). The van der Waals surface area contributed by atoms with Gasteiger partial charge in [0.25, 0.3) is 0 Å². The highest BCUT2D eigenvalue weighted by molar-refractivity contribution is 5.83. The first kappa shape index (κ1) is 14.3. The lowest BCUT2D eigenvalue weighted by Crippen LogP contribution is -1.91. The molecule has 0 bridgehead atoms. The molecule has 2 aromatic heterocycles. The summed E-state index contributed by atoms with van der Waals surface area (Å²) in [5.41, 5.74) is 12.4. The number of pyridine rings is 1. The van der Waals surface area contributed by atoms with Crippen molar-refractivity contribution in [3.05, 3.63) is 66.5 Å². The molecular formula is C19H17N5. The third kappa shape index (κ3) is 2.79. The lowest BCUT2D eigenvalue weighted by molar-refractivity contribution is 1.20. The first-order valence-electron chi connectivity index (χ1n) is 7.73. The molecule has 4 aromatic rings. The van der Waals surface area contributed by atoms with E-state index in [0.717, 1.165) is 45.2 Å². The fourth-order valence-corrected chi connectivity index (χ4v) is 2.66. The monoisotopic (exact) mass is 315 g/mol. The van der Waals surface area contributed by atoms with Crippen LogP contribution in [0.2, 0.25) is 0 Å². The molecule has 2 aromatic carbocycles. The topological polar surface area (TPSA) is 79.6 Å². The van der Waals surface area contributed by atoms with Crippen LogP contribution >= 0.6 is 0 Å². The van der Waals surface area contributed by atoms with Crippen molar-refractivity contribution in [2.75, 3.05) is 11.1 Å². The summed E-state index contributed by atoms with van der Waals surface area (Å²) >= 11 is 0. The van der Waals surface area contributed by atoms with Crippen molar-refractivity contribution in [2.45, 2.75) is 6.92 Å². The molecule has 0 saturated carbocycles. The van der Waals surface area contributed by atoms with E-state index in [0.29, 0.717) is 0 Å². The quantitative estimate of drug-likeness (QED) is 0.494. The van der Waals surface area contributed by atoms with Crippen molar-refractivity contribution in [3.63, 3.8) is 0 Å². The van der Waals surface area contributed by atoms with Gasteiger partial charge in [-0.2, -0.15) is 0 Å². The van der Waals surface area contributed by atoms with Crippen molar-refractivity contribution in [3.8, 4) is 11.4 Å². The molecule has 0 atom stereocenters. The number of aromatic amines is 1. The van der Waals surface area contributed by atoms with E-state index in [1.165, 1.54) is 0 Å². The number of hydrogen-bond acceptors (Lipinski definition) is 4. The maximum Gasteiger partial charge on any atom is 0.138 e. The van der Waals surface area contributed by atoms with Crippen LogP contribution in [0.15, 0.2) is 60.8 Å². The molecule has 4 N–H and O–H groups in total. The van der Waals surface area contributed by atoms with Crippen molar-refractivity contribution in [1.29, 1.82) is 0 Å². The van der Waals surface area contributed by atoms with E-state index in [1.807, 2.05) is 55.5 Å². The lowest BCUT2D eigenvalue weighted by atomic mass is 10.2. The molecule has 0 unspecified atom stereocenters. The maximum absolute atomic E-state index is 5.74. The van der Waals surface area contributed by atoms with E-state index < -0.39 is 0 Å². The average Bonchev–Trinajstić information content (AvgIpc) is 2.99. The first-order chi connectivity index (χ1) is 11.7. The summed E-state index contributed by atoms with van der Waals surface area (Å²) in [4.78, 5) is 12.2. The molecule has 0 saturated heterocycles. The van der Waals surface area contributed by atoms with Crippen molar-refractivity contribution < 1.29 is 0 Å². The smallest absolute Gasteiger partial charge is 0.138 e. The number of nitrogens with zero attached hydrogens (tertiary/aromatic N) is 2. The van der Waals surface area contributed by atoms with Gasteiger partial charge in [0.2, 0.25) is 0 Å². The Kier molecular flexibility index (Phi) is 3.39. The molecular weight excluding hydrogens is 298 g/mol. The summed E-state index contributed by atoms with van der Waals surface area (Å²) < 4.78 is 0. The Bertz CT molecular complexity index is 1000. The summed E-state index contributed by atoms with van der Waals surface area (Å²) in [5.74, 6) is 0.835. The van der Waals surface area contributed by atoms with E-state index in [1.54, 1.807) is 6.20 Å². The predicted octanol–water partition coefficient (Wildman–Crippen LogP) is 4.26. The van der Waals surface area contributed by atoms with Gasteiger partial charge in [-0.1, -0.05) is 0 Å². The van der Waals surface area contributed by atoms with Crippen LogP contribution in [0.1, 0.15) is 5.69 Å². The zero-order valence-corrected chi connectivity index (χ0v) is 13.2. The second kappa shape index (κ2) is 5.70. The van der Waals surface area contributed by atoms with E-state index in [4.69, 9.17) is 5.73 Å². The Morgan fingerprint density at radius 1 is 0.958 bits per heavy atom. The highest BCUT2D eigenvalue weighted by Gasteiger charge is 2.06. The number of fused-ring (bicyclic) bond motifs is 1. The number of imidazole rings is 1. The Morgan fingerprint density at radius 3 is 2.54 bits per heavy atom. The summed E-state index contributed by atoms with van der Waals surface area (Å²) in [6, 6.07) is 17.7. The number of benzene rings is 2. The average molecular weight is 315 g/mol. The predicted molar refractivity (Wildman–Crippen MR) is 98.2 cm³/mol. The summed E-state index contributed by atoms with van der Waals surface area (Å²) in [6.07, 6.45) is 1.80.